The van der Waals surface area contributed by atoms with Gasteiger partial charge in [0.1, 0.15) is 24.1 Å². The molecular weight excluding hydrogens is 506 g/mol. The molecule has 3 aromatic carbocycles. The molecule has 3 aromatic rings. The normalized spacial score (nSPS) is 11.8. The topological polar surface area (TPSA) is 105 Å². The second kappa shape index (κ2) is 13.0. The zero-order chi connectivity index (χ0) is 27.7. The van der Waals surface area contributed by atoms with Crippen molar-refractivity contribution in [3.05, 3.63) is 84.4 Å². The number of carbonyl (C=O) groups is 2. The van der Waals surface area contributed by atoms with E-state index >= 15 is 0 Å². The van der Waals surface area contributed by atoms with Crippen LogP contribution in [0, 0.1) is 0 Å². The van der Waals surface area contributed by atoms with Crippen LogP contribution in [-0.2, 0) is 26.2 Å². The summed E-state index contributed by atoms with van der Waals surface area (Å²) in [5, 5.41) is 2.74. The van der Waals surface area contributed by atoms with E-state index in [2.05, 4.69) is 5.32 Å². The molecule has 0 unspecified atom stereocenters. The van der Waals surface area contributed by atoms with Gasteiger partial charge in [0, 0.05) is 19.2 Å². The minimum absolute atomic E-state index is 0.0340. The molecule has 0 bridgehead atoms. The Morgan fingerprint density at radius 1 is 0.895 bits per heavy atom. The number of anilines is 1. The first-order valence-corrected chi connectivity index (χ1v) is 13.6. The SMILES string of the molecule is CCNC(=O)[C@@H](C)N(Cc1cccc(OC)c1)C(=O)CN(c1cccc(OC)c1)S(=O)(=O)c1ccccc1. The molecule has 0 radical (unpaired) electrons. The van der Waals surface area contributed by atoms with Crippen LogP contribution in [0.4, 0.5) is 5.69 Å². The number of carbonyl (C=O) groups excluding carboxylic acids is 2. The second-order valence-electron chi connectivity index (χ2n) is 8.47. The summed E-state index contributed by atoms with van der Waals surface area (Å²) in [4.78, 5) is 28.0. The van der Waals surface area contributed by atoms with E-state index in [1.165, 1.54) is 24.1 Å². The Kier molecular flexibility index (Phi) is 9.72. The first kappa shape index (κ1) is 28.5. The maximum Gasteiger partial charge on any atom is 0.264 e. The van der Waals surface area contributed by atoms with Crippen molar-refractivity contribution in [2.24, 2.45) is 0 Å². The molecule has 1 N–H and O–H groups in total. The van der Waals surface area contributed by atoms with Crippen LogP contribution in [0.3, 0.4) is 0 Å². The van der Waals surface area contributed by atoms with E-state index in [1.54, 1.807) is 81.6 Å². The summed E-state index contributed by atoms with van der Waals surface area (Å²) >= 11 is 0. The number of methoxy groups -OCH3 is 2. The smallest absolute Gasteiger partial charge is 0.264 e. The summed E-state index contributed by atoms with van der Waals surface area (Å²) in [6, 6.07) is 20.6. The number of ether oxygens (including phenoxy) is 2. The van der Waals surface area contributed by atoms with Crippen molar-refractivity contribution in [1.29, 1.82) is 0 Å². The molecule has 0 heterocycles. The van der Waals surface area contributed by atoms with Gasteiger partial charge < -0.3 is 19.7 Å². The summed E-state index contributed by atoms with van der Waals surface area (Å²) < 4.78 is 39.1. The lowest BCUT2D eigenvalue weighted by molar-refractivity contribution is -0.139. The summed E-state index contributed by atoms with van der Waals surface area (Å²) in [7, 11) is -1.12. The van der Waals surface area contributed by atoms with Crippen molar-refractivity contribution in [2.45, 2.75) is 31.3 Å². The number of amides is 2. The Labute approximate surface area is 224 Å². The van der Waals surface area contributed by atoms with E-state index in [1.807, 2.05) is 6.07 Å². The summed E-state index contributed by atoms with van der Waals surface area (Å²) in [6.07, 6.45) is 0. The van der Waals surface area contributed by atoms with Crippen molar-refractivity contribution >= 4 is 27.5 Å². The minimum atomic E-state index is -4.14. The largest absolute Gasteiger partial charge is 0.497 e. The average Bonchev–Trinajstić information content (AvgIpc) is 2.94. The molecule has 3 rings (SSSR count). The van der Waals surface area contributed by atoms with Gasteiger partial charge >= 0.3 is 0 Å². The Morgan fingerprint density at radius 3 is 2.16 bits per heavy atom. The van der Waals surface area contributed by atoms with Gasteiger partial charge in [-0.25, -0.2) is 8.42 Å². The number of likely N-dealkylation sites (N-methyl/N-ethyl adjacent to an activating group) is 1. The molecule has 1 atom stereocenters. The van der Waals surface area contributed by atoms with E-state index in [9.17, 15) is 18.0 Å². The zero-order valence-electron chi connectivity index (χ0n) is 22.0. The third kappa shape index (κ3) is 6.83. The van der Waals surface area contributed by atoms with Gasteiger partial charge in [-0.2, -0.15) is 0 Å². The van der Waals surface area contributed by atoms with Crippen LogP contribution in [0.25, 0.3) is 0 Å². The first-order chi connectivity index (χ1) is 18.2. The first-order valence-electron chi connectivity index (χ1n) is 12.1. The highest BCUT2D eigenvalue weighted by Crippen LogP contribution is 2.27. The van der Waals surface area contributed by atoms with Crippen LogP contribution >= 0.6 is 0 Å². The van der Waals surface area contributed by atoms with Crippen molar-refractivity contribution in [3.63, 3.8) is 0 Å². The van der Waals surface area contributed by atoms with Crippen LogP contribution < -0.4 is 19.1 Å². The number of hydrogen-bond acceptors (Lipinski definition) is 6. The summed E-state index contributed by atoms with van der Waals surface area (Å²) in [5.74, 6) is 0.147. The molecule has 0 aliphatic carbocycles. The number of nitrogens with zero attached hydrogens (tertiary/aromatic N) is 2. The third-order valence-electron chi connectivity index (χ3n) is 5.96. The molecule has 0 spiro atoms. The van der Waals surface area contributed by atoms with Gasteiger partial charge in [0.2, 0.25) is 11.8 Å². The van der Waals surface area contributed by atoms with Crippen molar-refractivity contribution in [3.8, 4) is 11.5 Å². The molecule has 9 nitrogen and oxygen atoms in total. The zero-order valence-corrected chi connectivity index (χ0v) is 22.8. The van der Waals surface area contributed by atoms with Gasteiger partial charge in [-0.1, -0.05) is 36.4 Å². The quantitative estimate of drug-likeness (QED) is 0.378. The van der Waals surface area contributed by atoms with Gasteiger partial charge in [-0.3, -0.25) is 13.9 Å². The number of hydrogen-bond donors (Lipinski definition) is 1. The highest BCUT2D eigenvalue weighted by molar-refractivity contribution is 7.92. The number of nitrogens with one attached hydrogen (secondary N) is 1. The maximum absolute atomic E-state index is 13.8. The lowest BCUT2D eigenvalue weighted by Crippen LogP contribution is -2.51. The van der Waals surface area contributed by atoms with Crippen molar-refractivity contribution in [2.75, 3.05) is 31.6 Å². The fourth-order valence-corrected chi connectivity index (χ4v) is 5.31. The van der Waals surface area contributed by atoms with Gasteiger partial charge in [-0.05, 0) is 55.8 Å². The minimum Gasteiger partial charge on any atom is -0.497 e. The van der Waals surface area contributed by atoms with E-state index < -0.39 is 28.5 Å². The van der Waals surface area contributed by atoms with E-state index in [-0.39, 0.29) is 23.0 Å². The van der Waals surface area contributed by atoms with Gasteiger partial charge in [0.15, 0.2) is 0 Å². The Bertz CT molecular complexity index is 1350. The number of benzene rings is 3. The van der Waals surface area contributed by atoms with Gasteiger partial charge in [0.25, 0.3) is 10.0 Å². The van der Waals surface area contributed by atoms with Gasteiger partial charge in [0.05, 0.1) is 24.8 Å². The molecule has 2 amide bonds. The van der Waals surface area contributed by atoms with Crippen molar-refractivity contribution in [1.82, 2.24) is 10.2 Å². The lowest BCUT2D eigenvalue weighted by atomic mass is 10.1. The molecule has 0 aliphatic rings. The van der Waals surface area contributed by atoms with E-state index in [0.717, 1.165) is 9.87 Å². The monoisotopic (exact) mass is 539 g/mol. The molecule has 0 saturated heterocycles. The predicted octanol–water partition coefficient (Wildman–Crippen LogP) is 3.45. The molecule has 202 valence electrons. The molecule has 38 heavy (non-hydrogen) atoms. The van der Waals surface area contributed by atoms with Gasteiger partial charge in [-0.15, -0.1) is 0 Å². The molecular formula is C28H33N3O6S. The Morgan fingerprint density at radius 2 is 1.53 bits per heavy atom. The van der Waals surface area contributed by atoms with E-state index in [0.29, 0.717) is 18.0 Å². The molecule has 10 heteroatoms. The molecule has 0 fully saturated rings. The number of sulfonamides is 1. The second-order valence-corrected chi connectivity index (χ2v) is 10.3. The number of rotatable bonds is 12. The fourth-order valence-electron chi connectivity index (χ4n) is 3.89. The van der Waals surface area contributed by atoms with Crippen LogP contribution in [0.15, 0.2) is 83.8 Å². The van der Waals surface area contributed by atoms with Crippen molar-refractivity contribution < 1.29 is 27.5 Å². The van der Waals surface area contributed by atoms with Crippen LogP contribution in [-0.4, -0.2) is 58.5 Å². The highest BCUT2D eigenvalue weighted by atomic mass is 32.2. The maximum atomic E-state index is 13.8. The summed E-state index contributed by atoms with van der Waals surface area (Å²) in [6.45, 7) is 3.34. The molecule has 0 aliphatic heterocycles. The standard InChI is InChI=1S/C28H33N3O6S/c1-5-29-28(33)21(2)30(19-22-11-9-13-24(17-22)36-3)27(32)20-31(23-12-10-14-25(18-23)37-4)38(34,35)26-15-7-6-8-16-26/h6-18,21H,5,19-20H2,1-4H3,(H,29,33)/t21-/m1/s1. The predicted molar refractivity (Wildman–Crippen MR) is 146 cm³/mol. The molecule has 0 saturated carbocycles. The lowest BCUT2D eigenvalue weighted by Gasteiger charge is -2.32. The molecule has 0 aromatic heterocycles. The Balaban J connectivity index is 2.04. The highest BCUT2D eigenvalue weighted by Gasteiger charge is 2.32. The van der Waals surface area contributed by atoms with E-state index in [4.69, 9.17) is 9.47 Å². The fraction of sp³-hybridized carbons (Fsp3) is 0.286. The van der Waals surface area contributed by atoms with Crippen LogP contribution in [0.2, 0.25) is 0 Å². The van der Waals surface area contributed by atoms with Crippen LogP contribution in [0.5, 0.6) is 11.5 Å². The average molecular weight is 540 g/mol. The third-order valence-corrected chi connectivity index (χ3v) is 7.74. The van der Waals surface area contributed by atoms with Crippen LogP contribution in [0.1, 0.15) is 19.4 Å². The Hall–Kier alpha value is -4.05. The summed E-state index contributed by atoms with van der Waals surface area (Å²) in [5.41, 5.74) is 0.987.